The minimum Gasteiger partial charge on any atom is -0.504 e. The van der Waals surface area contributed by atoms with Gasteiger partial charge in [0, 0.05) is 5.56 Å². The summed E-state index contributed by atoms with van der Waals surface area (Å²) in [5, 5.41) is 14.2. The van der Waals surface area contributed by atoms with Gasteiger partial charge in [0.05, 0.1) is 22.5 Å². The van der Waals surface area contributed by atoms with E-state index < -0.39 is 35.0 Å². The van der Waals surface area contributed by atoms with E-state index in [4.69, 9.17) is 5.73 Å². The van der Waals surface area contributed by atoms with Gasteiger partial charge in [-0.15, -0.1) is 0 Å². The molecule has 0 spiro atoms. The van der Waals surface area contributed by atoms with Gasteiger partial charge in [0.1, 0.15) is 5.82 Å². The lowest BCUT2D eigenvalue weighted by atomic mass is 10.0. The van der Waals surface area contributed by atoms with Crippen LogP contribution in [0.5, 0.6) is 5.75 Å². The summed E-state index contributed by atoms with van der Waals surface area (Å²) in [6.45, 7) is 3.39. The summed E-state index contributed by atoms with van der Waals surface area (Å²) in [6.07, 6.45) is -10.2. The zero-order valence-electron chi connectivity index (χ0n) is 13.9. The molecule has 2 aromatic rings. The van der Waals surface area contributed by atoms with Crippen molar-refractivity contribution in [2.24, 2.45) is 0 Å². The summed E-state index contributed by atoms with van der Waals surface area (Å²) in [4.78, 5) is 12.1. The first-order chi connectivity index (χ1) is 12.8. The van der Waals surface area contributed by atoms with Gasteiger partial charge >= 0.3 is 12.4 Å². The number of amides is 1. The average Bonchev–Trinajstić information content (AvgIpc) is 2.57. The van der Waals surface area contributed by atoms with Crippen LogP contribution in [0, 0.1) is 0 Å². The summed E-state index contributed by atoms with van der Waals surface area (Å²) >= 11 is 0. The molecule has 2 aromatic carbocycles. The molecule has 150 valence electrons. The Kier molecular flexibility index (Phi) is 5.48. The molecule has 11 heteroatoms. The molecule has 0 aliphatic heterocycles. The van der Waals surface area contributed by atoms with Crippen molar-refractivity contribution in [2.45, 2.75) is 12.4 Å². The number of halogens is 6. The lowest BCUT2D eigenvalue weighted by Gasteiger charge is -2.16. The third kappa shape index (κ3) is 4.87. The Hall–Kier alpha value is -3.37. The number of nitrogens with two attached hydrogens (primary N) is 1. The number of alkyl halides is 6. The molecule has 0 aromatic heterocycles. The highest BCUT2D eigenvalue weighted by Gasteiger charge is 2.37. The van der Waals surface area contributed by atoms with Crippen LogP contribution in [0.1, 0.15) is 21.5 Å². The molecule has 0 fully saturated rings. The minimum atomic E-state index is -5.08. The van der Waals surface area contributed by atoms with Crippen LogP contribution in [-0.2, 0) is 12.4 Å². The largest absolute Gasteiger partial charge is 0.504 e. The number of rotatable bonds is 4. The van der Waals surface area contributed by atoms with Crippen LogP contribution in [0.3, 0.4) is 0 Å². The van der Waals surface area contributed by atoms with Gasteiger partial charge in [-0.3, -0.25) is 4.79 Å². The monoisotopic (exact) mass is 405 g/mol. The molecular weight excluding hydrogens is 392 g/mol. The van der Waals surface area contributed by atoms with Crippen LogP contribution in [0.25, 0.3) is 0 Å². The Labute approximate surface area is 154 Å². The first-order valence-corrected chi connectivity index (χ1v) is 7.43. The number of hydrogen-bond donors (Lipinski definition) is 4. The van der Waals surface area contributed by atoms with Crippen molar-refractivity contribution in [3.63, 3.8) is 0 Å². The third-order valence-corrected chi connectivity index (χ3v) is 3.47. The summed E-state index contributed by atoms with van der Waals surface area (Å²) in [7, 11) is 0. The number of benzene rings is 2. The maximum atomic E-state index is 12.9. The number of aromatic hydroxyl groups is 1. The fourth-order valence-electron chi connectivity index (χ4n) is 2.15. The lowest BCUT2D eigenvalue weighted by molar-refractivity contribution is -0.143. The predicted octanol–water partition coefficient (Wildman–Crippen LogP) is 4.33. The first-order valence-electron chi connectivity index (χ1n) is 7.43. The minimum absolute atomic E-state index is 0.00294. The van der Waals surface area contributed by atoms with E-state index in [0.717, 1.165) is 0 Å². The van der Waals surface area contributed by atoms with E-state index >= 15 is 0 Å². The maximum absolute atomic E-state index is 12.9. The van der Waals surface area contributed by atoms with Crippen molar-refractivity contribution < 1.29 is 36.2 Å². The topological polar surface area (TPSA) is 87.4 Å². The zero-order chi connectivity index (χ0) is 21.3. The van der Waals surface area contributed by atoms with Gasteiger partial charge in [0.25, 0.3) is 5.91 Å². The Balaban J connectivity index is 2.28. The van der Waals surface area contributed by atoms with Gasteiger partial charge in [-0.2, -0.15) is 26.3 Å². The molecule has 1 amide bonds. The molecule has 28 heavy (non-hydrogen) atoms. The van der Waals surface area contributed by atoms with Gasteiger partial charge in [0.15, 0.2) is 5.75 Å². The Morgan fingerprint density at radius 3 is 2.04 bits per heavy atom. The molecule has 0 aliphatic carbocycles. The quantitative estimate of drug-likeness (QED) is 0.347. The van der Waals surface area contributed by atoms with Crippen LogP contribution < -0.4 is 16.4 Å². The molecule has 0 saturated carbocycles. The SMILES string of the molecule is C=C(NC(=O)c1cc(C(F)(F)F)cc(C(F)(F)F)c1)Nc1cccc(N)c1O. The van der Waals surface area contributed by atoms with Crippen LogP contribution >= 0.6 is 0 Å². The van der Waals surface area contributed by atoms with Crippen molar-refractivity contribution in [1.82, 2.24) is 5.32 Å². The van der Waals surface area contributed by atoms with Crippen LogP contribution in [-0.4, -0.2) is 11.0 Å². The lowest BCUT2D eigenvalue weighted by Crippen LogP contribution is -2.27. The molecule has 0 unspecified atom stereocenters. The second-order valence-corrected chi connectivity index (χ2v) is 5.60. The number of carbonyl (C=O) groups excluding carboxylic acids is 1. The summed E-state index contributed by atoms with van der Waals surface area (Å²) < 4.78 is 77.2. The molecule has 0 radical (unpaired) electrons. The highest BCUT2D eigenvalue weighted by molar-refractivity contribution is 5.96. The van der Waals surface area contributed by atoms with Gasteiger partial charge in [0.2, 0.25) is 0 Å². The van der Waals surface area contributed by atoms with Crippen molar-refractivity contribution in [1.29, 1.82) is 0 Å². The number of para-hydroxylation sites is 1. The smallest absolute Gasteiger partial charge is 0.416 e. The van der Waals surface area contributed by atoms with E-state index in [9.17, 15) is 36.2 Å². The number of phenolic OH excluding ortho intramolecular Hbond substituents is 1. The number of anilines is 2. The van der Waals surface area contributed by atoms with E-state index in [2.05, 4.69) is 11.9 Å². The van der Waals surface area contributed by atoms with Crippen molar-refractivity contribution in [2.75, 3.05) is 11.1 Å². The molecule has 0 aliphatic rings. The summed E-state index contributed by atoms with van der Waals surface area (Å²) in [6, 6.07) is 4.67. The second kappa shape index (κ2) is 7.33. The molecule has 0 bridgehead atoms. The van der Waals surface area contributed by atoms with Crippen molar-refractivity contribution in [3.8, 4) is 5.75 Å². The Bertz CT molecular complexity index is 890. The molecule has 0 saturated heterocycles. The van der Waals surface area contributed by atoms with Gasteiger partial charge in [-0.1, -0.05) is 12.6 Å². The predicted molar refractivity (Wildman–Crippen MR) is 89.2 cm³/mol. The fourth-order valence-corrected chi connectivity index (χ4v) is 2.15. The normalized spacial score (nSPS) is 11.8. The van der Waals surface area contributed by atoms with Crippen LogP contribution in [0.4, 0.5) is 37.7 Å². The van der Waals surface area contributed by atoms with Crippen LogP contribution in [0.2, 0.25) is 0 Å². The molecule has 5 nitrogen and oxygen atoms in total. The van der Waals surface area contributed by atoms with Crippen molar-refractivity contribution >= 4 is 17.3 Å². The maximum Gasteiger partial charge on any atom is 0.416 e. The summed E-state index contributed by atoms with van der Waals surface area (Å²) in [5.41, 5.74) is 1.38. The van der Waals surface area contributed by atoms with Crippen LogP contribution in [0.15, 0.2) is 48.8 Å². The van der Waals surface area contributed by atoms with Gasteiger partial charge in [-0.05, 0) is 30.3 Å². The average molecular weight is 405 g/mol. The molecule has 0 atom stereocenters. The van der Waals surface area contributed by atoms with E-state index in [1.165, 1.54) is 18.2 Å². The van der Waals surface area contributed by atoms with E-state index in [1.807, 2.05) is 5.32 Å². The van der Waals surface area contributed by atoms with E-state index in [1.54, 1.807) is 0 Å². The zero-order valence-corrected chi connectivity index (χ0v) is 13.9. The Morgan fingerprint density at radius 1 is 1.00 bits per heavy atom. The highest BCUT2D eigenvalue weighted by atomic mass is 19.4. The highest BCUT2D eigenvalue weighted by Crippen LogP contribution is 2.36. The van der Waals surface area contributed by atoms with E-state index in [0.29, 0.717) is 0 Å². The molecule has 5 N–H and O–H groups in total. The molecule has 0 heterocycles. The van der Waals surface area contributed by atoms with E-state index in [-0.39, 0.29) is 41.1 Å². The standard InChI is InChI=1S/C17H13F6N3O2/c1-8(25-13-4-2-3-12(24)14(13)27)26-15(28)9-5-10(16(18,19)20)7-11(6-9)17(21,22)23/h2-7,25,27H,1,24H2,(H,26,28). The molecule has 2 rings (SSSR count). The number of carbonyl (C=O) groups is 1. The van der Waals surface area contributed by atoms with Gasteiger partial charge < -0.3 is 21.5 Å². The van der Waals surface area contributed by atoms with Gasteiger partial charge in [-0.25, -0.2) is 0 Å². The first kappa shape index (κ1) is 20.9. The Morgan fingerprint density at radius 2 is 1.54 bits per heavy atom. The number of hydrogen-bond acceptors (Lipinski definition) is 4. The van der Waals surface area contributed by atoms with Crippen molar-refractivity contribution in [3.05, 3.63) is 65.5 Å². The molecular formula is C17H13F6N3O2. The second-order valence-electron chi connectivity index (χ2n) is 5.60. The number of nitrogen functional groups attached to an aromatic ring is 1. The number of nitrogens with one attached hydrogen (secondary N) is 2. The summed E-state index contributed by atoms with van der Waals surface area (Å²) in [5.74, 6) is -1.95. The fraction of sp³-hybridized carbons (Fsp3) is 0.118. The third-order valence-electron chi connectivity index (χ3n) is 3.47. The number of phenols is 1.